The molecule has 1 saturated heterocycles. The van der Waals surface area contributed by atoms with Crippen molar-refractivity contribution >= 4 is 10.9 Å². The van der Waals surface area contributed by atoms with Gasteiger partial charge in [0.25, 0.3) is 5.56 Å². The molecule has 0 saturated carbocycles. The van der Waals surface area contributed by atoms with Gasteiger partial charge in [0.2, 0.25) is 0 Å². The van der Waals surface area contributed by atoms with Crippen molar-refractivity contribution in [2.75, 3.05) is 6.61 Å². The number of aromatic amines is 1. The fourth-order valence-corrected chi connectivity index (χ4v) is 2.24. The smallest absolute Gasteiger partial charge is 0.258 e. The maximum atomic E-state index is 11.8. The molecule has 1 N–H and O–H groups in total. The molecule has 0 amide bonds. The first-order valence-corrected chi connectivity index (χ1v) is 5.44. The quantitative estimate of drug-likeness (QED) is 0.790. The molecule has 1 aliphatic rings. The van der Waals surface area contributed by atoms with E-state index in [4.69, 9.17) is 4.74 Å². The molecule has 1 fully saturated rings. The summed E-state index contributed by atoms with van der Waals surface area (Å²) in [6, 6.07) is 5.73. The summed E-state index contributed by atoms with van der Waals surface area (Å²) in [4.78, 5) is 18.6. The number of hydrogen-bond donors (Lipinski definition) is 1. The van der Waals surface area contributed by atoms with Crippen molar-refractivity contribution in [1.29, 1.82) is 0 Å². The summed E-state index contributed by atoms with van der Waals surface area (Å²) in [7, 11) is 0. The van der Waals surface area contributed by atoms with E-state index in [0.29, 0.717) is 5.39 Å². The SMILES string of the molecule is O=c1[nH]cnc2cccc(C3CCCO3)c12. The fraction of sp³-hybridized carbons (Fsp3) is 0.333. The highest BCUT2D eigenvalue weighted by Gasteiger charge is 2.20. The molecule has 1 aromatic carbocycles. The zero-order chi connectivity index (χ0) is 11.0. The van der Waals surface area contributed by atoms with Crippen molar-refractivity contribution in [2.24, 2.45) is 0 Å². The van der Waals surface area contributed by atoms with Crippen LogP contribution in [0, 0.1) is 0 Å². The van der Waals surface area contributed by atoms with Crippen LogP contribution in [0.1, 0.15) is 24.5 Å². The van der Waals surface area contributed by atoms with E-state index < -0.39 is 0 Å². The van der Waals surface area contributed by atoms with E-state index in [0.717, 1.165) is 30.5 Å². The van der Waals surface area contributed by atoms with Gasteiger partial charge >= 0.3 is 0 Å². The van der Waals surface area contributed by atoms with Gasteiger partial charge in [-0.05, 0) is 24.5 Å². The molecule has 3 rings (SSSR count). The summed E-state index contributed by atoms with van der Waals surface area (Å²) in [6.45, 7) is 0.777. The summed E-state index contributed by atoms with van der Waals surface area (Å²) >= 11 is 0. The van der Waals surface area contributed by atoms with Crippen LogP contribution >= 0.6 is 0 Å². The first kappa shape index (κ1) is 9.54. The second-order valence-electron chi connectivity index (χ2n) is 3.97. The van der Waals surface area contributed by atoms with Crippen LogP contribution in [0.25, 0.3) is 10.9 Å². The van der Waals surface area contributed by atoms with E-state index in [-0.39, 0.29) is 11.7 Å². The van der Waals surface area contributed by atoms with Crippen LogP contribution in [0.3, 0.4) is 0 Å². The van der Waals surface area contributed by atoms with E-state index in [9.17, 15) is 4.79 Å². The number of nitrogens with one attached hydrogen (secondary N) is 1. The van der Waals surface area contributed by atoms with Crippen LogP contribution in [0.2, 0.25) is 0 Å². The molecule has 1 aliphatic heterocycles. The van der Waals surface area contributed by atoms with Gasteiger partial charge in [-0.1, -0.05) is 12.1 Å². The molecular formula is C12H12N2O2. The topological polar surface area (TPSA) is 55.0 Å². The van der Waals surface area contributed by atoms with E-state index in [1.165, 1.54) is 6.33 Å². The summed E-state index contributed by atoms with van der Waals surface area (Å²) in [5, 5.41) is 0.664. The van der Waals surface area contributed by atoms with Gasteiger partial charge in [0.05, 0.1) is 23.3 Å². The highest BCUT2D eigenvalue weighted by molar-refractivity contribution is 5.81. The zero-order valence-electron chi connectivity index (χ0n) is 8.77. The molecule has 82 valence electrons. The second-order valence-corrected chi connectivity index (χ2v) is 3.97. The molecule has 16 heavy (non-hydrogen) atoms. The number of fused-ring (bicyclic) bond motifs is 1. The number of rotatable bonds is 1. The number of H-pyrrole nitrogens is 1. The van der Waals surface area contributed by atoms with Crippen LogP contribution in [0.5, 0.6) is 0 Å². The molecule has 1 unspecified atom stereocenters. The molecule has 2 heterocycles. The Labute approximate surface area is 92.3 Å². The van der Waals surface area contributed by atoms with Crippen LogP contribution in [0.4, 0.5) is 0 Å². The largest absolute Gasteiger partial charge is 0.374 e. The maximum absolute atomic E-state index is 11.8. The Morgan fingerprint density at radius 1 is 1.44 bits per heavy atom. The predicted octanol–water partition coefficient (Wildman–Crippen LogP) is 1.77. The van der Waals surface area contributed by atoms with Gasteiger partial charge in [0.1, 0.15) is 0 Å². The Bertz CT molecular complexity index is 565. The van der Waals surface area contributed by atoms with Crippen LogP contribution in [0.15, 0.2) is 29.3 Å². The van der Waals surface area contributed by atoms with Crippen molar-refractivity contribution in [3.05, 3.63) is 40.4 Å². The lowest BCUT2D eigenvalue weighted by molar-refractivity contribution is 0.113. The molecule has 0 bridgehead atoms. The Hall–Kier alpha value is -1.68. The maximum Gasteiger partial charge on any atom is 0.258 e. The van der Waals surface area contributed by atoms with Gasteiger partial charge in [0, 0.05) is 6.61 Å². The number of hydrogen-bond acceptors (Lipinski definition) is 3. The fourth-order valence-electron chi connectivity index (χ4n) is 2.24. The molecule has 1 aromatic heterocycles. The Kier molecular flexibility index (Phi) is 2.22. The average molecular weight is 216 g/mol. The van der Waals surface area contributed by atoms with E-state index in [1.54, 1.807) is 0 Å². The highest BCUT2D eigenvalue weighted by atomic mass is 16.5. The Morgan fingerprint density at radius 3 is 3.19 bits per heavy atom. The van der Waals surface area contributed by atoms with Crippen molar-refractivity contribution < 1.29 is 4.74 Å². The third-order valence-electron chi connectivity index (χ3n) is 2.98. The summed E-state index contributed by atoms with van der Waals surface area (Å²) in [5.41, 5.74) is 1.61. The van der Waals surface area contributed by atoms with Gasteiger partial charge in [0.15, 0.2) is 0 Å². The van der Waals surface area contributed by atoms with E-state index in [2.05, 4.69) is 9.97 Å². The van der Waals surface area contributed by atoms with E-state index in [1.807, 2.05) is 18.2 Å². The summed E-state index contributed by atoms with van der Waals surface area (Å²) < 4.78 is 5.62. The lowest BCUT2D eigenvalue weighted by Crippen LogP contribution is -2.10. The van der Waals surface area contributed by atoms with Crippen molar-refractivity contribution in [2.45, 2.75) is 18.9 Å². The number of benzene rings is 1. The summed E-state index contributed by atoms with van der Waals surface area (Å²) in [5.74, 6) is 0. The van der Waals surface area contributed by atoms with E-state index >= 15 is 0 Å². The second kappa shape index (κ2) is 3.72. The molecule has 4 heteroatoms. The molecule has 0 spiro atoms. The number of nitrogens with zero attached hydrogens (tertiary/aromatic N) is 1. The van der Waals surface area contributed by atoms with Gasteiger partial charge < -0.3 is 9.72 Å². The third-order valence-corrected chi connectivity index (χ3v) is 2.98. The first-order chi connectivity index (χ1) is 7.86. The zero-order valence-corrected chi connectivity index (χ0v) is 8.77. The number of ether oxygens (including phenoxy) is 1. The molecule has 0 aliphatic carbocycles. The first-order valence-electron chi connectivity index (χ1n) is 5.44. The van der Waals surface area contributed by atoms with Gasteiger partial charge in [-0.2, -0.15) is 0 Å². The monoisotopic (exact) mass is 216 g/mol. The van der Waals surface area contributed by atoms with Gasteiger partial charge in [-0.15, -0.1) is 0 Å². The van der Waals surface area contributed by atoms with Crippen LogP contribution in [-0.2, 0) is 4.74 Å². The van der Waals surface area contributed by atoms with Crippen LogP contribution < -0.4 is 5.56 Å². The third kappa shape index (κ3) is 1.42. The highest BCUT2D eigenvalue weighted by Crippen LogP contribution is 2.31. The minimum Gasteiger partial charge on any atom is -0.374 e. The standard InChI is InChI=1S/C12H12N2O2/c15-12-11-8(10-5-2-6-16-10)3-1-4-9(11)13-7-14-12/h1,3-4,7,10H,2,5-6H2,(H,13,14,15). The average Bonchev–Trinajstić information content (AvgIpc) is 2.82. The minimum absolute atomic E-state index is 0.0500. The van der Waals surface area contributed by atoms with Gasteiger partial charge in [-0.3, -0.25) is 4.79 Å². The number of aromatic nitrogens is 2. The Balaban J connectivity index is 2.27. The molecule has 2 aromatic rings. The van der Waals surface area contributed by atoms with Crippen molar-refractivity contribution in [3.8, 4) is 0 Å². The Morgan fingerprint density at radius 2 is 2.38 bits per heavy atom. The lowest BCUT2D eigenvalue weighted by atomic mass is 10.0. The van der Waals surface area contributed by atoms with Crippen molar-refractivity contribution in [3.63, 3.8) is 0 Å². The van der Waals surface area contributed by atoms with Crippen LogP contribution in [-0.4, -0.2) is 16.6 Å². The molecule has 4 nitrogen and oxygen atoms in total. The normalized spacial score (nSPS) is 20.4. The molecular weight excluding hydrogens is 204 g/mol. The lowest BCUT2D eigenvalue weighted by Gasteiger charge is -2.11. The van der Waals surface area contributed by atoms with Gasteiger partial charge in [-0.25, -0.2) is 4.98 Å². The predicted molar refractivity (Wildman–Crippen MR) is 60.3 cm³/mol. The molecule has 0 radical (unpaired) electrons. The summed E-state index contributed by atoms with van der Waals surface area (Å²) in [6.07, 6.45) is 3.52. The van der Waals surface area contributed by atoms with Crippen molar-refractivity contribution in [1.82, 2.24) is 9.97 Å². The molecule has 1 atom stereocenters. The minimum atomic E-state index is -0.0869.